The second-order valence-electron chi connectivity index (χ2n) is 6.58. The number of hydrogen-bond acceptors (Lipinski definition) is 4. The molecule has 2 unspecified atom stereocenters. The normalized spacial score (nSPS) is 21.9. The van der Waals surface area contributed by atoms with Crippen LogP contribution in [0.3, 0.4) is 0 Å². The van der Waals surface area contributed by atoms with Crippen molar-refractivity contribution in [1.29, 1.82) is 0 Å². The molecule has 23 heavy (non-hydrogen) atoms. The van der Waals surface area contributed by atoms with Crippen LogP contribution in [-0.2, 0) is 14.3 Å². The number of unbranched alkanes of at least 4 members (excludes halogenated alkanes) is 5. The Balaban J connectivity index is 2.38. The summed E-state index contributed by atoms with van der Waals surface area (Å²) in [6.45, 7) is 5.07. The Morgan fingerprint density at radius 1 is 1.17 bits per heavy atom. The Kier molecular flexibility index (Phi) is 8.24. The minimum Gasteiger partial charge on any atom is -0.447 e. The van der Waals surface area contributed by atoms with Crippen molar-refractivity contribution < 1.29 is 19.4 Å². The first kappa shape index (κ1) is 19.6. The van der Waals surface area contributed by atoms with Crippen LogP contribution in [0.4, 0.5) is 0 Å². The molecule has 0 aliphatic heterocycles. The maximum atomic E-state index is 12.2. The molecule has 4 heteroatoms. The number of esters is 1. The standard InChI is InChI=1S/C19H30O4/c1-15-11-12-18(22)19(14-15,23-17(3)21)13-9-7-5-4-6-8-10-16(2)20/h11-12,14,16,20H,4-10,13H2,1-3H3. The van der Waals surface area contributed by atoms with E-state index in [4.69, 9.17) is 4.74 Å². The summed E-state index contributed by atoms with van der Waals surface area (Å²) in [5, 5.41) is 9.20. The molecule has 0 aromatic heterocycles. The number of ketones is 1. The number of carbonyl (C=O) groups is 2. The zero-order valence-corrected chi connectivity index (χ0v) is 14.6. The Morgan fingerprint density at radius 2 is 1.78 bits per heavy atom. The van der Waals surface area contributed by atoms with Gasteiger partial charge in [-0.2, -0.15) is 0 Å². The van der Waals surface area contributed by atoms with Gasteiger partial charge in [-0.25, -0.2) is 0 Å². The van der Waals surface area contributed by atoms with Crippen LogP contribution in [0.25, 0.3) is 0 Å². The average molecular weight is 322 g/mol. The molecular formula is C19H30O4. The zero-order chi connectivity index (χ0) is 17.3. The third-order valence-corrected chi connectivity index (χ3v) is 4.12. The molecule has 0 radical (unpaired) electrons. The minimum atomic E-state index is -1.10. The quantitative estimate of drug-likeness (QED) is 0.490. The van der Waals surface area contributed by atoms with Crippen LogP contribution < -0.4 is 0 Å². The SMILES string of the molecule is CC(=O)OC1(CCCCCCCCC(C)O)C=C(C)C=CC1=O. The van der Waals surface area contributed by atoms with E-state index < -0.39 is 11.6 Å². The van der Waals surface area contributed by atoms with Gasteiger partial charge in [-0.05, 0) is 45.3 Å². The summed E-state index contributed by atoms with van der Waals surface area (Å²) in [5.41, 5.74) is -0.152. The largest absolute Gasteiger partial charge is 0.447 e. The van der Waals surface area contributed by atoms with Gasteiger partial charge in [-0.15, -0.1) is 0 Å². The Hall–Kier alpha value is -1.42. The lowest BCUT2D eigenvalue weighted by Gasteiger charge is -2.30. The number of carbonyl (C=O) groups excluding carboxylic acids is 2. The Morgan fingerprint density at radius 3 is 2.39 bits per heavy atom. The van der Waals surface area contributed by atoms with Crippen LogP contribution >= 0.6 is 0 Å². The lowest BCUT2D eigenvalue weighted by molar-refractivity contribution is -0.159. The monoisotopic (exact) mass is 322 g/mol. The maximum Gasteiger partial charge on any atom is 0.303 e. The van der Waals surface area contributed by atoms with Crippen molar-refractivity contribution in [3.63, 3.8) is 0 Å². The minimum absolute atomic E-state index is 0.143. The van der Waals surface area contributed by atoms with Crippen LogP contribution in [0.15, 0.2) is 23.8 Å². The average Bonchev–Trinajstić information content (AvgIpc) is 2.45. The highest BCUT2D eigenvalue weighted by molar-refractivity contribution is 6.01. The van der Waals surface area contributed by atoms with E-state index >= 15 is 0 Å². The van der Waals surface area contributed by atoms with Crippen molar-refractivity contribution in [1.82, 2.24) is 0 Å². The first-order valence-corrected chi connectivity index (χ1v) is 8.65. The number of ether oxygens (including phenoxy) is 1. The molecule has 1 N–H and O–H groups in total. The van der Waals surface area contributed by atoms with E-state index in [-0.39, 0.29) is 11.9 Å². The van der Waals surface area contributed by atoms with Gasteiger partial charge in [-0.3, -0.25) is 9.59 Å². The van der Waals surface area contributed by atoms with Gasteiger partial charge < -0.3 is 9.84 Å². The fourth-order valence-corrected chi connectivity index (χ4v) is 2.95. The van der Waals surface area contributed by atoms with E-state index in [9.17, 15) is 14.7 Å². The van der Waals surface area contributed by atoms with E-state index in [1.807, 2.05) is 13.8 Å². The molecule has 0 bridgehead atoms. The van der Waals surface area contributed by atoms with Crippen LogP contribution in [0.5, 0.6) is 0 Å². The highest BCUT2D eigenvalue weighted by atomic mass is 16.6. The molecule has 2 atom stereocenters. The van der Waals surface area contributed by atoms with E-state index in [0.29, 0.717) is 6.42 Å². The number of aliphatic hydroxyl groups is 1. The van der Waals surface area contributed by atoms with Crippen molar-refractivity contribution in [3.05, 3.63) is 23.8 Å². The van der Waals surface area contributed by atoms with Crippen LogP contribution in [0.2, 0.25) is 0 Å². The van der Waals surface area contributed by atoms with Gasteiger partial charge in [0, 0.05) is 6.92 Å². The predicted molar refractivity (Wildman–Crippen MR) is 91.0 cm³/mol. The first-order chi connectivity index (χ1) is 10.9. The summed E-state index contributed by atoms with van der Waals surface area (Å²) < 4.78 is 5.39. The molecule has 1 aliphatic carbocycles. The predicted octanol–water partition coefficient (Wildman–Crippen LogP) is 3.88. The highest BCUT2D eigenvalue weighted by Crippen LogP contribution is 2.29. The molecule has 0 amide bonds. The van der Waals surface area contributed by atoms with Gasteiger partial charge in [0.15, 0.2) is 5.60 Å². The second kappa shape index (κ2) is 9.66. The third-order valence-electron chi connectivity index (χ3n) is 4.12. The van der Waals surface area contributed by atoms with E-state index in [1.165, 1.54) is 13.0 Å². The Labute approximate surface area is 139 Å². The molecule has 1 aliphatic rings. The Bertz CT molecular complexity index is 462. The number of hydrogen-bond donors (Lipinski definition) is 1. The smallest absolute Gasteiger partial charge is 0.303 e. The topological polar surface area (TPSA) is 63.6 Å². The van der Waals surface area contributed by atoms with Crippen molar-refractivity contribution in [2.45, 2.75) is 83.8 Å². The highest BCUT2D eigenvalue weighted by Gasteiger charge is 2.38. The number of allylic oxidation sites excluding steroid dienone is 2. The number of rotatable bonds is 10. The summed E-state index contributed by atoms with van der Waals surface area (Å²) in [5.74, 6) is -0.564. The summed E-state index contributed by atoms with van der Waals surface area (Å²) in [6, 6.07) is 0. The van der Waals surface area contributed by atoms with Gasteiger partial charge in [0.1, 0.15) is 0 Å². The molecule has 0 aromatic rings. The summed E-state index contributed by atoms with van der Waals surface area (Å²) >= 11 is 0. The second-order valence-corrected chi connectivity index (χ2v) is 6.58. The van der Waals surface area contributed by atoms with Gasteiger partial charge in [-0.1, -0.05) is 43.8 Å². The summed E-state index contributed by atoms with van der Waals surface area (Å²) in [4.78, 5) is 23.6. The van der Waals surface area contributed by atoms with E-state index in [0.717, 1.165) is 50.5 Å². The molecule has 4 nitrogen and oxygen atoms in total. The molecule has 0 saturated carbocycles. The first-order valence-electron chi connectivity index (χ1n) is 8.65. The van der Waals surface area contributed by atoms with E-state index in [1.54, 1.807) is 12.2 Å². The van der Waals surface area contributed by atoms with Crippen LogP contribution in [0, 0.1) is 0 Å². The van der Waals surface area contributed by atoms with Crippen molar-refractivity contribution in [3.8, 4) is 0 Å². The third kappa shape index (κ3) is 7.12. The fourth-order valence-electron chi connectivity index (χ4n) is 2.95. The van der Waals surface area contributed by atoms with Crippen molar-refractivity contribution in [2.24, 2.45) is 0 Å². The lowest BCUT2D eigenvalue weighted by Crippen LogP contribution is -2.41. The molecule has 0 spiro atoms. The van der Waals surface area contributed by atoms with Crippen LogP contribution in [0.1, 0.15) is 72.1 Å². The molecule has 0 saturated heterocycles. The zero-order valence-electron chi connectivity index (χ0n) is 14.6. The molecular weight excluding hydrogens is 292 g/mol. The number of aliphatic hydroxyl groups excluding tert-OH is 1. The summed E-state index contributed by atoms with van der Waals surface area (Å²) in [7, 11) is 0. The molecule has 1 rings (SSSR count). The molecule has 130 valence electrons. The van der Waals surface area contributed by atoms with Gasteiger partial charge in [0.2, 0.25) is 5.78 Å². The molecule has 0 heterocycles. The fraction of sp³-hybridized carbons (Fsp3) is 0.684. The lowest BCUT2D eigenvalue weighted by atomic mass is 9.85. The van der Waals surface area contributed by atoms with E-state index in [2.05, 4.69) is 0 Å². The van der Waals surface area contributed by atoms with Gasteiger partial charge >= 0.3 is 5.97 Å². The van der Waals surface area contributed by atoms with Crippen molar-refractivity contribution >= 4 is 11.8 Å². The summed E-state index contributed by atoms with van der Waals surface area (Å²) in [6.07, 6.45) is 12.5. The van der Waals surface area contributed by atoms with Gasteiger partial charge in [0.05, 0.1) is 6.10 Å². The van der Waals surface area contributed by atoms with Crippen molar-refractivity contribution in [2.75, 3.05) is 0 Å². The molecule has 0 fully saturated rings. The van der Waals surface area contributed by atoms with Crippen LogP contribution in [-0.4, -0.2) is 28.6 Å². The maximum absolute atomic E-state index is 12.2. The van der Waals surface area contributed by atoms with Gasteiger partial charge in [0.25, 0.3) is 0 Å². The molecule has 0 aromatic carbocycles.